The summed E-state index contributed by atoms with van der Waals surface area (Å²) in [6.07, 6.45) is -4.51. The van der Waals surface area contributed by atoms with Crippen LogP contribution in [0.2, 0.25) is 0 Å². The lowest BCUT2D eigenvalue weighted by molar-refractivity contribution is -0.137. The van der Waals surface area contributed by atoms with E-state index in [1.54, 1.807) is 6.92 Å². The fourth-order valence-electron chi connectivity index (χ4n) is 1.23. The molecule has 1 nitrogen and oxygen atoms in total. The molecule has 0 saturated heterocycles. The molecule has 0 radical (unpaired) electrons. The number of alkyl halides is 3. The van der Waals surface area contributed by atoms with Gasteiger partial charge in [-0.1, -0.05) is 13.0 Å². The van der Waals surface area contributed by atoms with Gasteiger partial charge in [-0.25, -0.2) is 4.39 Å². The summed E-state index contributed by atoms with van der Waals surface area (Å²) in [5.41, 5.74) is 4.54. The van der Waals surface area contributed by atoms with Crippen molar-refractivity contribution < 1.29 is 17.6 Å². The summed E-state index contributed by atoms with van der Waals surface area (Å²) in [6, 6.07) is 2.50. The predicted molar refractivity (Wildman–Crippen MR) is 48.9 cm³/mol. The molecule has 0 saturated carbocycles. The van der Waals surface area contributed by atoms with E-state index >= 15 is 0 Å². The molecule has 1 atom stereocenters. The highest BCUT2D eigenvalue weighted by Gasteiger charge is 2.31. The molecule has 0 aromatic heterocycles. The molecule has 0 aliphatic rings. The van der Waals surface area contributed by atoms with E-state index < -0.39 is 17.6 Å². The van der Waals surface area contributed by atoms with Crippen molar-refractivity contribution in [3.05, 3.63) is 35.1 Å². The van der Waals surface area contributed by atoms with Crippen LogP contribution in [0.1, 0.15) is 24.0 Å². The lowest BCUT2D eigenvalue weighted by Gasteiger charge is -2.12. The third kappa shape index (κ3) is 2.68. The second-order valence-corrected chi connectivity index (χ2v) is 3.37. The van der Waals surface area contributed by atoms with Gasteiger partial charge in [0.25, 0.3) is 0 Å². The Morgan fingerprint density at radius 3 is 2.33 bits per heavy atom. The molecule has 1 rings (SSSR count). The van der Waals surface area contributed by atoms with E-state index in [1.807, 2.05) is 0 Å². The summed E-state index contributed by atoms with van der Waals surface area (Å²) in [6.45, 7) is 1.86. The van der Waals surface area contributed by atoms with E-state index in [2.05, 4.69) is 0 Å². The van der Waals surface area contributed by atoms with Gasteiger partial charge in [0.1, 0.15) is 5.82 Å². The number of hydrogen-bond donors (Lipinski definition) is 1. The Morgan fingerprint density at radius 1 is 1.33 bits per heavy atom. The number of halogens is 4. The topological polar surface area (TPSA) is 26.0 Å². The van der Waals surface area contributed by atoms with E-state index in [4.69, 9.17) is 5.73 Å². The van der Waals surface area contributed by atoms with Gasteiger partial charge in [-0.2, -0.15) is 13.2 Å². The van der Waals surface area contributed by atoms with Gasteiger partial charge >= 0.3 is 6.18 Å². The highest BCUT2D eigenvalue weighted by molar-refractivity contribution is 5.28. The number of rotatable bonds is 2. The summed E-state index contributed by atoms with van der Waals surface area (Å²) in [5, 5.41) is 0. The van der Waals surface area contributed by atoms with Gasteiger partial charge in [0.05, 0.1) is 5.56 Å². The highest BCUT2D eigenvalue weighted by Crippen LogP contribution is 2.31. The third-order valence-corrected chi connectivity index (χ3v) is 2.21. The Bertz CT molecular complexity index is 346. The Balaban J connectivity index is 3.09. The van der Waals surface area contributed by atoms with Crippen LogP contribution in [0.5, 0.6) is 0 Å². The van der Waals surface area contributed by atoms with E-state index in [1.165, 1.54) is 0 Å². The Hall–Kier alpha value is -1.10. The molecule has 0 spiro atoms. The molecule has 0 aliphatic heterocycles. The first-order valence-electron chi connectivity index (χ1n) is 4.43. The summed E-state index contributed by atoms with van der Waals surface area (Å²) in [4.78, 5) is 0. The van der Waals surface area contributed by atoms with Gasteiger partial charge in [0.15, 0.2) is 0 Å². The predicted octanol–water partition coefficient (Wildman–Crippen LogP) is 2.91. The zero-order chi connectivity index (χ0) is 11.6. The van der Waals surface area contributed by atoms with Crippen molar-refractivity contribution in [2.45, 2.75) is 19.0 Å². The largest absolute Gasteiger partial charge is 0.416 e. The molecule has 0 bridgehead atoms. The maximum atomic E-state index is 13.3. The van der Waals surface area contributed by atoms with Crippen LogP contribution in [-0.4, -0.2) is 6.54 Å². The summed E-state index contributed by atoms with van der Waals surface area (Å²) < 4.78 is 49.8. The summed E-state index contributed by atoms with van der Waals surface area (Å²) in [7, 11) is 0. The minimum absolute atomic E-state index is 0.197. The van der Waals surface area contributed by atoms with Gasteiger partial charge in [-0.15, -0.1) is 0 Å². The third-order valence-electron chi connectivity index (χ3n) is 2.21. The van der Waals surface area contributed by atoms with Crippen LogP contribution in [0, 0.1) is 5.82 Å². The Morgan fingerprint density at radius 2 is 1.93 bits per heavy atom. The molecule has 5 heteroatoms. The molecular weight excluding hydrogens is 210 g/mol. The van der Waals surface area contributed by atoms with E-state index in [-0.39, 0.29) is 18.0 Å². The molecule has 1 aromatic rings. The molecule has 0 aliphatic carbocycles. The second-order valence-electron chi connectivity index (χ2n) is 3.37. The zero-order valence-corrected chi connectivity index (χ0v) is 8.11. The molecule has 0 amide bonds. The van der Waals surface area contributed by atoms with Gasteiger partial charge in [0, 0.05) is 0 Å². The average molecular weight is 221 g/mol. The van der Waals surface area contributed by atoms with E-state index in [9.17, 15) is 17.6 Å². The van der Waals surface area contributed by atoms with Crippen molar-refractivity contribution in [3.63, 3.8) is 0 Å². The first-order valence-corrected chi connectivity index (χ1v) is 4.43. The van der Waals surface area contributed by atoms with Crippen LogP contribution < -0.4 is 5.73 Å². The molecule has 0 heterocycles. The number of hydrogen-bond acceptors (Lipinski definition) is 1. The molecular formula is C10H11F4N. The zero-order valence-electron chi connectivity index (χ0n) is 8.11. The lowest BCUT2D eigenvalue weighted by atomic mass is 9.99. The van der Waals surface area contributed by atoms with Crippen LogP contribution in [0.25, 0.3) is 0 Å². The minimum Gasteiger partial charge on any atom is -0.330 e. The van der Waals surface area contributed by atoms with E-state index in [0.29, 0.717) is 6.07 Å². The Kier molecular flexibility index (Phi) is 3.34. The quantitative estimate of drug-likeness (QED) is 0.763. The van der Waals surface area contributed by atoms with Crippen molar-refractivity contribution in [1.29, 1.82) is 0 Å². The van der Waals surface area contributed by atoms with Gasteiger partial charge in [0.2, 0.25) is 0 Å². The average Bonchev–Trinajstić information content (AvgIpc) is 2.15. The van der Waals surface area contributed by atoms with E-state index in [0.717, 1.165) is 12.1 Å². The van der Waals surface area contributed by atoms with Crippen LogP contribution in [0.15, 0.2) is 18.2 Å². The van der Waals surface area contributed by atoms with Crippen molar-refractivity contribution in [1.82, 2.24) is 0 Å². The monoisotopic (exact) mass is 221 g/mol. The van der Waals surface area contributed by atoms with Crippen LogP contribution in [-0.2, 0) is 6.18 Å². The minimum atomic E-state index is -4.51. The van der Waals surface area contributed by atoms with Crippen molar-refractivity contribution >= 4 is 0 Å². The molecule has 0 fully saturated rings. The second kappa shape index (κ2) is 4.18. The molecule has 84 valence electrons. The number of nitrogens with two attached hydrogens (primary N) is 1. The molecule has 1 aromatic carbocycles. The van der Waals surface area contributed by atoms with Crippen LogP contribution in [0.3, 0.4) is 0 Å². The fourth-order valence-corrected chi connectivity index (χ4v) is 1.23. The van der Waals surface area contributed by atoms with Gasteiger partial charge in [-0.3, -0.25) is 0 Å². The maximum Gasteiger partial charge on any atom is 0.416 e. The van der Waals surface area contributed by atoms with Crippen molar-refractivity contribution in [2.24, 2.45) is 5.73 Å². The van der Waals surface area contributed by atoms with Crippen LogP contribution in [0.4, 0.5) is 17.6 Å². The standard InChI is InChI=1S/C10H11F4N/c1-6(5-15)8-3-2-7(4-9(8)11)10(12,13)14/h2-4,6H,5,15H2,1H3. The van der Waals surface area contributed by atoms with Crippen molar-refractivity contribution in [3.8, 4) is 0 Å². The lowest BCUT2D eigenvalue weighted by Crippen LogP contribution is -2.12. The Labute approximate surface area is 84.9 Å². The fraction of sp³-hybridized carbons (Fsp3) is 0.400. The van der Waals surface area contributed by atoms with Crippen molar-refractivity contribution in [2.75, 3.05) is 6.54 Å². The highest BCUT2D eigenvalue weighted by atomic mass is 19.4. The summed E-state index contributed by atoms with van der Waals surface area (Å²) >= 11 is 0. The molecule has 15 heavy (non-hydrogen) atoms. The van der Waals surface area contributed by atoms with Gasteiger partial charge in [-0.05, 0) is 30.2 Å². The smallest absolute Gasteiger partial charge is 0.330 e. The molecule has 2 N–H and O–H groups in total. The van der Waals surface area contributed by atoms with Crippen LogP contribution >= 0.6 is 0 Å². The number of benzene rings is 1. The van der Waals surface area contributed by atoms with Gasteiger partial charge < -0.3 is 5.73 Å². The maximum absolute atomic E-state index is 13.3. The molecule has 1 unspecified atom stereocenters. The normalized spacial score (nSPS) is 14.0. The first kappa shape index (κ1) is 12.0. The summed E-state index contributed by atoms with van der Waals surface area (Å²) in [5.74, 6) is -1.14. The first-order chi connectivity index (χ1) is 6.86. The SMILES string of the molecule is CC(CN)c1ccc(C(F)(F)F)cc1F.